The van der Waals surface area contributed by atoms with Gasteiger partial charge in [-0.3, -0.25) is 15.0 Å². The normalized spacial score (nSPS) is 17.0. The molecule has 0 aliphatic carbocycles. The number of benzene rings is 4. The molecular formula is C34H30N4O2S2. The second-order valence-electron chi connectivity index (χ2n) is 10.1. The van der Waals surface area contributed by atoms with Gasteiger partial charge in [-0.15, -0.1) is 0 Å². The maximum Gasteiger partial charge on any atom is 0.280 e. The minimum atomic E-state index is -0.398. The number of thioether (sulfide) groups is 1. The Morgan fingerprint density at radius 3 is 2.10 bits per heavy atom. The van der Waals surface area contributed by atoms with Crippen molar-refractivity contribution in [1.82, 2.24) is 10.4 Å². The molecule has 2 aliphatic heterocycles. The second-order valence-corrected chi connectivity index (χ2v) is 12.3. The number of anilines is 3. The minimum absolute atomic E-state index is 0.0726. The molecule has 6 rings (SSSR count). The average molecular weight is 591 g/mol. The summed E-state index contributed by atoms with van der Waals surface area (Å²) in [7, 11) is 3.99. The third-order valence-electron chi connectivity index (χ3n) is 6.97. The molecule has 210 valence electrons. The number of amides is 2. The number of rotatable bonds is 7. The van der Waals surface area contributed by atoms with Crippen LogP contribution in [0.2, 0.25) is 0 Å². The summed E-state index contributed by atoms with van der Waals surface area (Å²) in [5.74, 6) is -0.502. The summed E-state index contributed by atoms with van der Waals surface area (Å²) in [5.41, 5.74) is 7.92. The van der Waals surface area contributed by atoms with Crippen molar-refractivity contribution in [3.63, 3.8) is 0 Å². The Kier molecular flexibility index (Phi) is 8.08. The molecule has 1 saturated heterocycles. The lowest BCUT2D eigenvalue weighted by Crippen LogP contribution is -2.49. The second kappa shape index (κ2) is 12.2. The average Bonchev–Trinajstić information content (AvgIpc) is 3.29. The van der Waals surface area contributed by atoms with E-state index in [0.29, 0.717) is 4.91 Å². The first-order chi connectivity index (χ1) is 20.5. The first-order valence-electron chi connectivity index (χ1n) is 13.6. The van der Waals surface area contributed by atoms with E-state index in [1.165, 1.54) is 16.8 Å². The van der Waals surface area contributed by atoms with Gasteiger partial charge in [0.1, 0.15) is 11.9 Å². The van der Waals surface area contributed by atoms with E-state index in [1.54, 1.807) is 11.8 Å². The van der Waals surface area contributed by atoms with Crippen molar-refractivity contribution in [3.8, 4) is 0 Å². The fourth-order valence-corrected chi connectivity index (χ4v) is 7.02. The van der Waals surface area contributed by atoms with Crippen LogP contribution in [-0.4, -0.2) is 42.8 Å². The number of hydrogen-bond acceptors (Lipinski definition) is 6. The van der Waals surface area contributed by atoms with Crippen LogP contribution in [-0.2, 0) is 9.59 Å². The summed E-state index contributed by atoms with van der Waals surface area (Å²) in [5, 5.41) is 1.05. The maximum absolute atomic E-state index is 13.7. The monoisotopic (exact) mass is 590 g/mol. The predicted molar refractivity (Wildman–Crippen MR) is 175 cm³/mol. The van der Waals surface area contributed by atoms with E-state index < -0.39 is 5.37 Å². The first kappa shape index (κ1) is 27.8. The van der Waals surface area contributed by atoms with E-state index in [2.05, 4.69) is 17.6 Å². The zero-order valence-electron chi connectivity index (χ0n) is 23.3. The van der Waals surface area contributed by atoms with Gasteiger partial charge in [0.2, 0.25) is 0 Å². The van der Waals surface area contributed by atoms with Crippen LogP contribution in [0.15, 0.2) is 124 Å². The van der Waals surface area contributed by atoms with Crippen LogP contribution in [0.3, 0.4) is 0 Å². The predicted octanol–water partition coefficient (Wildman–Crippen LogP) is 7.04. The van der Waals surface area contributed by atoms with Crippen LogP contribution in [0.5, 0.6) is 0 Å². The van der Waals surface area contributed by atoms with Crippen LogP contribution in [0.1, 0.15) is 11.1 Å². The topological polar surface area (TPSA) is 55.9 Å². The van der Waals surface area contributed by atoms with E-state index in [4.69, 9.17) is 0 Å². The van der Waals surface area contributed by atoms with Crippen molar-refractivity contribution in [3.05, 3.63) is 125 Å². The van der Waals surface area contributed by atoms with E-state index in [-0.39, 0.29) is 18.4 Å². The van der Waals surface area contributed by atoms with Crippen LogP contribution in [0, 0.1) is 0 Å². The number of nitrogens with zero attached hydrogens (tertiary/aromatic N) is 3. The van der Waals surface area contributed by atoms with E-state index >= 15 is 0 Å². The van der Waals surface area contributed by atoms with Gasteiger partial charge in [0.15, 0.2) is 0 Å². The van der Waals surface area contributed by atoms with Crippen LogP contribution >= 0.6 is 23.5 Å². The number of nitrogens with one attached hydrogen (secondary N) is 1. The van der Waals surface area contributed by atoms with Gasteiger partial charge in [0.25, 0.3) is 11.8 Å². The van der Waals surface area contributed by atoms with Gasteiger partial charge in [-0.25, -0.2) is 5.01 Å². The summed E-state index contributed by atoms with van der Waals surface area (Å²) < 4.78 is 0. The molecule has 2 heterocycles. The molecule has 4 aromatic carbocycles. The zero-order chi connectivity index (χ0) is 29.1. The van der Waals surface area contributed by atoms with Gasteiger partial charge in [-0.1, -0.05) is 96.3 Å². The zero-order valence-corrected chi connectivity index (χ0v) is 24.9. The minimum Gasteiger partial charge on any atom is -0.378 e. The molecule has 0 radical (unpaired) electrons. The van der Waals surface area contributed by atoms with Gasteiger partial charge >= 0.3 is 0 Å². The summed E-state index contributed by atoms with van der Waals surface area (Å²) in [6, 6.07) is 34.1. The number of hydrogen-bond donors (Lipinski definition) is 1. The highest BCUT2D eigenvalue weighted by atomic mass is 32.2. The van der Waals surface area contributed by atoms with Gasteiger partial charge < -0.3 is 9.80 Å². The Hall–Kier alpha value is -4.40. The van der Waals surface area contributed by atoms with Crippen LogP contribution < -0.4 is 15.2 Å². The fourth-order valence-electron chi connectivity index (χ4n) is 4.85. The smallest absolute Gasteiger partial charge is 0.280 e. The highest BCUT2D eigenvalue weighted by Crippen LogP contribution is 2.47. The molecule has 1 unspecified atom stereocenters. The molecule has 4 aromatic rings. The highest BCUT2D eigenvalue weighted by molar-refractivity contribution is 8.05. The Bertz CT molecular complexity index is 1620. The summed E-state index contributed by atoms with van der Waals surface area (Å²) >= 11 is 3.12. The van der Waals surface area contributed by atoms with Crippen molar-refractivity contribution in [2.24, 2.45) is 0 Å². The largest absolute Gasteiger partial charge is 0.378 e. The molecule has 8 heteroatoms. The number of hydrazine groups is 1. The lowest BCUT2D eigenvalue weighted by molar-refractivity contribution is -0.136. The fraction of sp³-hybridized carbons (Fsp3) is 0.118. The Labute approximate surface area is 254 Å². The van der Waals surface area contributed by atoms with Gasteiger partial charge in [0.05, 0.1) is 16.3 Å². The van der Waals surface area contributed by atoms with E-state index in [0.717, 1.165) is 38.0 Å². The summed E-state index contributed by atoms with van der Waals surface area (Å²) in [6.07, 6.45) is 5.82. The molecule has 0 bridgehead atoms. The number of carbonyl (C=O) groups is 2. The third-order valence-corrected chi connectivity index (χ3v) is 9.26. The molecule has 2 aliphatic rings. The maximum atomic E-state index is 13.7. The summed E-state index contributed by atoms with van der Waals surface area (Å²) in [4.78, 5) is 34.1. The van der Waals surface area contributed by atoms with Crippen LogP contribution in [0.4, 0.5) is 17.1 Å². The summed E-state index contributed by atoms with van der Waals surface area (Å²) in [6.45, 7) is 0.0726. The third kappa shape index (κ3) is 5.95. The van der Waals surface area contributed by atoms with Crippen LogP contribution in [0.25, 0.3) is 12.2 Å². The number of carbonyl (C=O) groups excluding carboxylic acids is 2. The molecule has 0 spiro atoms. The first-order valence-corrected chi connectivity index (χ1v) is 15.3. The highest BCUT2D eigenvalue weighted by Gasteiger charge is 2.37. The van der Waals surface area contributed by atoms with Crippen molar-refractivity contribution < 1.29 is 9.59 Å². The van der Waals surface area contributed by atoms with Crippen molar-refractivity contribution >= 4 is 64.6 Å². The molecule has 0 saturated carbocycles. The Morgan fingerprint density at radius 2 is 1.45 bits per heavy atom. The van der Waals surface area contributed by atoms with E-state index in [9.17, 15) is 9.59 Å². The molecule has 2 amide bonds. The number of fused-ring (bicyclic) bond motifs is 2. The van der Waals surface area contributed by atoms with Gasteiger partial charge in [0, 0.05) is 29.6 Å². The number of para-hydroxylation sites is 2. The van der Waals surface area contributed by atoms with Crippen molar-refractivity contribution in [1.29, 1.82) is 0 Å². The van der Waals surface area contributed by atoms with Crippen molar-refractivity contribution in [2.75, 3.05) is 30.4 Å². The molecule has 1 fully saturated rings. The lowest BCUT2D eigenvalue weighted by atomic mass is 10.2. The Morgan fingerprint density at radius 1 is 0.833 bits per heavy atom. The molecule has 0 aromatic heterocycles. The standard InChI is InChI=1S/C34H30N4O2S2/c1-36(2)26-19-16-25(17-20-26)22-31-34(40)38(33(42-31)21-18-24-10-4-3-5-11-24)35-32(39)23-37-27-12-6-8-14-29(27)41-30-15-9-7-13-28(30)37/h3-22,33H,23H2,1-2H3,(H,35,39)/b21-18+,31-22+. The molecule has 1 atom stereocenters. The van der Waals surface area contributed by atoms with Gasteiger partial charge in [-0.2, -0.15) is 0 Å². The van der Waals surface area contributed by atoms with E-state index in [1.807, 2.05) is 133 Å². The molecule has 6 nitrogen and oxygen atoms in total. The molecular weight excluding hydrogens is 561 g/mol. The quantitative estimate of drug-likeness (QED) is 0.233. The Balaban J connectivity index is 1.26. The SMILES string of the molecule is CN(C)c1ccc(/C=C2/SC(/C=C/c3ccccc3)N(NC(=O)CN3c4ccccc4Sc4ccccc43)C2=O)cc1. The molecule has 42 heavy (non-hydrogen) atoms. The molecule has 1 N–H and O–H groups in total. The van der Waals surface area contributed by atoms with Gasteiger partial charge in [-0.05, 0) is 59.7 Å². The van der Waals surface area contributed by atoms with Crippen molar-refractivity contribution in [2.45, 2.75) is 15.2 Å². The lowest BCUT2D eigenvalue weighted by Gasteiger charge is -2.33.